The van der Waals surface area contributed by atoms with E-state index < -0.39 is 11.9 Å². The maximum absolute atomic E-state index is 12.9. The predicted molar refractivity (Wildman–Crippen MR) is 118 cm³/mol. The number of aryl methyl sites for hydroxylation is 1. The molecule has 4 amide bonds. The largest absolute Gasteiger partial charge is 0.350 e. The Hall–Kier alpha value is -3.94. The van der Waals surface area contributed by atoms with E-state index >= 15 is 0 Å². The van der Waals surface area contributed by atoms with Crippen molar-refractivity contribution in [3.63, 3.8) is 0 Å². The smallest absolute Gasteiger partial charge is 0.255 e. The molecule has 1 aromatic heterocycles. The number of piperidine rings is 1. The zero-order valence-corrected chi connectivity index (χ0v) is 17.6. The van der Waals surface area contributed by atoms with Crippen LogP contribution in [0.5, 0.6) is 0 Å². The van der Waals surface area contributed by atoms with Crippen LogP contribution in [0, 0.1) is 0 Å². The predicted octanol–water partition coefficient (Wildman–Crippen LogP) is 2.12. The maximum atomic E-state index is 12.9. The summed E-state index contributed by atoms with van der Waals surface area (Å²) < 4.78 is 1.99. The highest BCUT2D eigenvalue weighted by Gasteiger charge is 2.39. The summed E-state index contributed by atoms with van der Waals surface area (Å²) in [5.41, 5.74) is 3.71. The van der Waals surface area contributed by atoms with E-state index in [9.17, 15) is 19.2 Å². The lowest BCUT2D eigenvalue weighted by atomic mass is 10.0. The van der Waals surface area contributed by atoms with Gasteiger partial charge < -0.3 is 14.8 Å². The van der Waals surface area contributed by atoms with Crippen LogP contribution in [0.2, 0.25) is 0 Å². The molecule has 0 spiro atoms. The molecule has 2 N–H and O–H groups in total. The first-order valence-corrected chi connectivity index (χ1v) is 10.5. The number of carbonyl (C=O) groups is 4. The van der Waals surface area contributed by atoms with Crippen molar-refractivity contribution in [3.8, 4) is 0 Å². The van der Waals surface area contributed by atoms with Crippen LogP contribution in [-0.2, 0) is 34.4 Å². The molecule has 8 nitrogen and oxygen atoms in total. The van der Waals surface area contributed by atoms with Crippen LogP contribution in [0.25, 0.3) is 10.9 Å². The summed E-state index contributed by atoms with van der Waals surface area (Å²) in [6.07, 6.45) is 2.65. The average Bonchev–Trinajstić information content (AvgIpc) is 3.26. The number of nitrogens with zero attached hydrogens (tertiary/aromatic N) is 2. The summed E-state index contributed by atoms with van der Waals surface area (Å²) in [5, 5.41) is 6.28. The van der Waals surface area contributed by atoms with Crippen LogP contribution in [0.1, 0.15) is 34.3 Å². The van der Waals surface area contributed by atoms with Gasteiger partial charge >= 0.3 is 0 Å². The molecule has 2 aliphatic heterocycles. The van der Waals surface area contributed by atoms with Crippen molar-refractivity contribution in [1.29, 1.82) is 0 Å². The van der Waals surface area contributed by atoms with E-state index in [0.717, 1.165) is 16.5 Å². The Morgan fingerprint density at radius 1 is 1.12 bits per heavy atom. The Labute approximate surface area is 184 Å². The normalized spacial score (nSPS) is 18.1. The number of carbonyl (C=O) groups excluding carboxylic acids is 4. The van der Waals surface area contributed by atoms with Crippen molar-refractivity contribution in [3.05, 3.63) is 65.4 Å². The summed E-state index contributed by atoms with van der Waals surface area (Å²) in [6, 6.07) is 12.4. The van der Waals surface area contributed by atoms with Gasteiger partial charge in [-0.15, -0.1) is 0 Å². The summed E-state index contributed by atoms with van der Waals surface area (Å²) >= 11 is 0. The molecule has 1 fully saturated rings. The summed E-state index contributed by atoms with van der Waals surface area (Å²) in [7, 11) is 1.95. The third-order valence-corrected chi connectivity index (χ3v) is 6.19. The SMILES string of the molecule is Cn1cc(CC(=O)Nc2cccc3c2CN(C2CCC(=O)NC2=O)C3=O)c2ccccc21. The standard InChI is InChI=1S/C24H22N4O4/c1-27-12-14(15-5-2-3-8-19(15)27)11-22(30)25-18-7-4-6-16-17(18)13-28(24(16)32)20-9-10-21(29)26-23(20)31/h2-8,12,20H,9-11,13H2,1H3,(H,25,30)(H,26,29,31). The Morgan fingerprint density at radius 3 is 2.75 bits per heavy atom. The molecule has 2 aromatic carbocycles. The van der Waals surface area contributed by atoms with Gasteiger partial charge in [-0.1, -0.05) is 24.3 Å². The lowest BCUT2D eigenvalue weighted by molar-refractivity contribution is -0.137. The summed E-state index contributed by atoms with van der Waals surface area (Å²) in [6.45, 7) is 0.213. The number of hydrogen-bond acceptors (Lipinski definition) is 4. The molecule has 0 bridgehead atoms. The van der Waals surface area contributed by atoms with Crippen molar-refractivity contribution >= 4 is 40.2 Å². The molecule has 162 valence electrons. The zero-order chi connectivity index (χ0) is 22.4. The highest BCUT2D eigenvalue weighted by Crippen LogP contribution is 2.32. The van der Waals surface area contributed by atoms with E-state index in [0.29, 0.717) is 23.2 Å². The number of aromatic nitrogens is 1. The van der Waals surface area contributed by atoms with E-state index in [-0.39, 0.29) is 37.1 Å². The van der Waals surface area contributed by atoms with E-state index in [2.05, 4.69) is 10.6 Å². The number of para-hydroxylation sites is 1. The molecule has 5 rings (SSSR count). The van der Waals surface area contributed by atoms with Crippen molar-refractivity contribution in [2.24, 2.45) is 7.05 Å². The van der Waals surface area contributed by atoms with Crippen molar-refractivity contribution in [2.45, 2.75) is 31.8 Å². The topological polar surface area (TPSA) is 101 Å². The molecule has 0 saturated carbocycles. The van der Waals surface area contributed by atoms with Gasteiger partial charge in [-0.25, -0.2) is 0 Å². The summed E-state index contributed by atoms with van der Waals surface area (Å²) in [5.74, 6) is -1.22. The van der Waals surface area contributed by atoms with Crippen molar-refractivity contribution < 1.29 is 19.2 Å². The molecule has 32 heavy (non-hydrogen) atoms. The van der Waals surface area contributed by atoms with E-state index in [4.69, 9.17) is 0 Å². The molecule has 1 saturated heterocycles. The highest BCUT2D eigenvalue weighted by atomic mass is 16.2. The van der Waals surface area contributed by atoms with Crippen LogP contribution in [0.3, 0.4) is 0 Å². The minimum atomic E-state index is -0.688. The molecule has 1 unspecified atom stereocenters. The fourth-order valence-electron chi connectivity index (χ4n) is 4.64. The van der Waals surface area contributed by atoms with Gasteiger partial charge in [0.25, 0.3) is 5.91 Å². The first-order valence-electron chi connectivity index (χ1n) is 10.5. The van der Waals surface area contributed by atoms with Crippen LogP contribution in [-0.4, -0.2) is 39.1 Å². The fourth-order valence-corrected chi connectivity index (χ4v) is 4.64. The van der Waals surface area contributed by atoms with Gasteiger partial charge in [0.05, 0.1) is 6.42 Å². The quantitative estimate of drug-likeness (QED) is 0.619. The first-order chi connectivity index (χ1) is 15.4. The Morgan fingerprint density at radius 2 is 1.94 bits per heavy atom. The number of anilines is 1. The molecule has 1 atom stereocenters. The van der Waals surface area contributed by atoms with Gasteiger partial charge in [-0.05, 0) is 30.2 Å². The lowest BCUT2D eigenvalue weighted by Crippen LogP contribution is -2.52. The number of rotatable bonds is 4. The van der Waals surface area contributed by atoms with Crippen LogP contribution in [0.15, 0.2) is 48.7 Å². The summed E-state index contributed by atoms with van der Waals surface area (Å²) in [4.78, 5) is 51.0. The van der Waals surface area contributed by atoms with Gasteiger partial charge in [0, 0.05) is 53.9 Å². The number of nitrogens with one attached hydrogen (secondary N) is 2. The number of fused-ring (bicyclic) bond motifs is 2. The molecular weight excluding hydrogens is 408 g/mol. The monoisotopic (exact) mass is 430 g/mol. The Bertz CT molecular complexity index is 1290. The molecular formula is C24H22N4O4. The highest BCUT2D eigenvalue weighted by molar-refractivity contribution is 6.07. The minimum Gasteiger partial charge on any atom is -0.350 e. The van der Waals surface area contributed by atoms with Gasteiger partial charge in [0.2, 0.25) is 17.7 Å². The molecule has 3 heterocycles. The second-order valence-corrected chi connectivity index (χ2v) is 8.24. The third-order valence-electron chi connectivity index (χ3n) is 6.19. The van der Waals surface area contributed by atoms with Gasteiger partial charge in [-0.3, -0.25) is 24.5 Å². The zero-order valence-electron chi connectivity index (χ0n) is 17.6. The van der Waals surface area contributed by atoms with Crippen LogP contribution >= 0.6 is 0 Å². The minimum absolute atomic E-state index is 0.179. The third kappa shape index (κ3) is 3.33. The molecule has 3 aromatic rings. The van der Waals surface area contributed by atoms with Crippen LogP contribution < -0.4 is 10.6 Å². The molecule has 2 aliphatic rings. The van der Waals surface area contributed by atoms with E-state index in [1.54, 1.807) is 18.2 Å². The van der Waals surface area contributed by atoms with E-state index in [1.807, 2.05) is 42.1 Å². The van der Waals surface area contributed by atoms with Gasteiger partial charge in [-0.2, -0.15) is 0 Å². The van der Waals surface area contributed by atoms with Gasteiger partial charge in [0.15, 0.2) is 0 Å². The van der Waals surface area contributed by atoms with Gasteiger partial charge in [0.1, 0.15) is 6.04 Å². The number of imide groups is 1. The molecule has 0 radical (unpaired) electrons. The first kappa shape index (κ1) is 20.0. The Balaban J connectivity index is 1.36. The van der Waals surface area contributed by atoms with Crippen molar-refractivity contribution in [1.82, 2.24) is 14.8 Å². The molecule has 8 heteroatoms. The number of amides is 4. The maximum Gasteiger partial charge on any atom is 0.255 e. The second-order valence-electron chi connectivity index (χ2n) is 8.24. The number of benzene rings is 2. The number of hydrogen-bond donors (Lipinski definition) is 2. The van der Waals surface area contributed by atoms with Crippen molar-refractivity contribution in [2.75, 3.05) is 5.32 Å². The lowest BCUT2D eigenvalue weighted by Gasteiger charge is -2.29. The Kier molecular flexibility index (Phi) is 4.77. The molecule has 0 aliphatic carbocycles. The van der Waals surface area contributed by atoms with E-state index in [1.165, 1.54) is 4.90 Å². The fraction of sp³-hybridized carbons (Fsp3) is 0.250. The van der Waals surface area contributed by atoms with Crippen LogP contribution in [0.4, 0.5) is 5.69 Å². The average molecular weight is 430 g/mol. The second kappa shape index (κ2) is 7.64.